The van der Waals surface area contributed by atoms with E-state index in [1.807, 2.05) is 0 Å². The second-order valence-electron chi connectivity index (χ2n) is 7.12. The maximum absolute atomic E-state index is 12.5. The van der Waals surface area contributed by atoms with Crippen molar-refractivity contribution < 1.29 is 35.9 Å². The molecule has 0 N–H and O–H groups in total. The number of alkyl halides is 6. The van der Waals surface area contributed by atoms with Gasteiger partial charge in [-0.3, -0.25) is 0 Å². The van der Waals surface area contributed by atoms with E-state index in [1.165, 1.54) is 49.8 Å². The lowest BCUT2D eigenvalue weighted by Gasteiger charge is -2.07. The first-order valence-electron chi connectivity index (χ1n) is 10.1. The fourth-order valence-corrected chi connectivity index (χ4v) is 3.01. The number of nitrogens with zero attached hydrogens (tertiary/aromatic N) is 4. The predicted molar refractivity (Wildman–Crippen MR) is 121 cm³/mol. The van der Waals surface area contributed by atoms with E-state index in [-0.39, 0.29) is 11.1 Å². The molecule has 6 nitrogen and oxygen atoms in total. The maximum Gasteiger partial charge on any atom is 0.416 e. The van der Waals surface area contributed by atoms with Gasteiger partial charge >= 0.3 is 18.3 Å². The van der Waals surface area contributed by atoms with Gasteiger partial charge in [0.15, 0.2) is 0 Å². The molecular formula is C24H15ClF6N4O2. The van der Waals surface area contributed by atoms with Gasteiger partial charge in [-0.2, -0.15) is 26.3 Å². The molecule has 0 spiro atoms. The van der Waals surface area contributed by atoms with Crippen molar-refractivity contribution in [2.24, 2.45) is 0 Å². The van der Waals surface area contributed by atoms with E-state index in [0.717, 1.165) is 24.3 Å². The van der Waals surface area contributed by atoms with Gasteiger partial charge in [0, 0.05) is 23.5 Å². The molecule has 2 aromatic carbocycles. The summed E-state index contributed by atoms with van der Waals surface area (Å²) >= 11 is 5.60. The Kier molecular flexibility index (Phi) is 8.43. The topological polar surface area (TPSA) is 77.9 Å². The van der Waals surface area contributed by atoms with Crippen LogP contribution in [0.1, 0.15) is 21.7 Å². The van der Waals surface area contributed by atoms with Crippen molar-refractivity contribution in [2.75, 3.05) is 7.11 Å². The molecule has 2 heterocycles. The predicted octanol–water partition coefficient (Wildman–Crippen LogP) is 6.76. The van der Waals surface area contributed by atoms with Crippen molar-refractivity contribution in [1.29, 1.82) is 0 Å². The number of hydrogen-bond donors (Lipinski definition) is 0. The van der Waals surface area contributed by atoms with E-state index >= 15 is 0 Å². The molecule has 13 heteroatoms. The molecule has 0 aliphatic carbocycles. The molecule has 0 aliphatic heterocycles. The van der Waals surface area contributed by atoms with E-state index in [9.17, 15) is 31.1 Å². The average molecular weight is 541 g/mol. The Balaban J connectivity index is 0.000000208. The number of benzene rings is 2. The molecule has 192 valence electrons. The lowest BCUT2D eigenvalue weighted by Crippen LogP contribution is -2.07. The van der Waals surface area contributed by atoms with Gasteiger partial charge in [0.2, 0.25) is 11.1 Å². The number of carbonyl (C=O) groups excluding carboxylic acids is 1. The molecule has 0 bridgehead atoms. The molecule has 4 aromatic rings. The van der Waals surface area contributed by atoms with Crippen LogP contribution in [0.15, 0.2) is 73.1 Å². The second kappa shape index (κ2) is 11.3. The van der Waals surface area contributed by atoms with Crippen molar-refractivity contribution in [3.63, 3.8) is 0 Å². The Hall–Kier alpha value is -4.06. The Bertz CT molecular complexity index is 1360. The summed E-state index contributed by atoms with van der Waals surface area (Å²) in [6, 6.07) is 12.3. The van der Waals surface area contributed by atoms with E-state index in [0.29, 0.717) is 22.5 Å². The summed E-state index contributed by atoms with van der Waals surface area (Å²) in [5, 5.41) is 0.0578. The van der Waals surface area contributed by atoms with Gasteiger partial charge in [0.05, 0.1) is 29.6 Å². The minimum Gasteiger partial charge on any atom is -0.463 e. The Labute approximate surface area is 211 Å². The van der Waals surface area contributed by atoms with Crippen LogP contribution >= 0.6 is 11.6 Å². The molecule has 4 rings (SSSR count). The van der Waals surface area contributed by atoms with Crippen LogP contribution in [0.25, 0.3) is 22.5 Å². The zero-order valence-electron chi connectivity index (χ0n) is 18.7. The lowest BCUT2D eigenvalue weighted by atomic mass is 10.1. The standard InChI is InChI=1S/C13H9F3N2O2.C11H6ClF3N2/c1-20-12(19)11-17-7-6-10(18-11)8-2-4-9(5-3-8)13(14,15)16;12-10-16-6-5-9(17-10)7-1-3-8(4-2-7)11(13,14)15/h2-7H,1H3;1-6H. The van der Waals surface area contributed by atoms with E-state index < -0.39 is 29.4 Å². The van der Waals surface area contributed by atoms with Gasteiger partial charge in [0.25, 0.3) is 0 Å². The highest BCUT2D eigenvalue weighted by Crippen LogP contribution is 2.31. The number of halogens is 7. The van der Waals surface area contributed by atoms with Crippen LogP contribution in [0.3, 0.4) is 0 Å². The van der Waals surface area contributed by atoms with Crippen LogP contribution in [0.5, 0.6) is 0 Å². The van der Waals surface area contributed by atoms with Gasteiger partial charge in [0.1, 0.15) is 0 Å². The Morgan fingerprint density at radius 2 is 1.14 bits per heavy atom. The van der Waals surface area contributed by atoms with E-state index in [1.54, 1.807) is 6.07 Å². The fourth-order valence-electron chi connectivity index (χ4n) is 2.86. The number of ether oxygens (including phenoxy) is 1. The van der Waals surface area contributed by atoms with Crippen molar-refractivity contribution in [3.8, 4) is 22.5 Å². The molecule has 0 unspecified atom stereocenters. The van der Waals surface area contributed by atoms with Crippen LogP contribution in [0, 0.1) is 0 Å². The largest absolute Gasteiger partial charge is 0.463 e. The van der Waals surface area contributed by atoms with Gasteiger partial charge in [-0.1, -0.05) is 24.3 Å². The van der Waals surface area contributed by atoms with Crippen molar-refractivity contribution in [1.82, 2.24) is 19.9 Å². The molecule has 0 saturated carbocycles. The molecule has 0 saturated heterocycles. The van der Waals surface area contributed by atoms with Crippen LogP contribution in [0.4, 0.5) is 26.3 Å². The molecule has 0 amide bonds. The minimum atomic E-state index is -4.39. The number of rotatable bonds is 3. The molecule has 37 heavy (non-hydrogen) atoms. The summed E-state index contributed by atoms with van der Waals surface area (Å²) in [7, 11) is 1.19. The molecule has 0 radical (unpaired) electrons. The lowest BCUT2D eigenvalue weighted by molar-refractivity contribution is -0.138. The fraction of sp³-hybridized carbons (Fsp3) is 0.125. The van der Waals surface area contributed by atoms with Gasteiger partial charge < -0.3 is 4.74 Å². The second-order valence-corrected chi connectivity index (χ2v) is 7.46. The molecule has 0 fully saturated rings. The van der Waals surface area contributed by atoms with Gasteiger partial charge in [-0.05, 0) is 48.0 Å². The number of hydrogen-bond acceptors (Lipinski definition) is 6. The van der Waals surface area contributed by atoms with Crippen LogP contribution in [-0.2, 0) is 17.1 Å². The van der Waals surface area contributed by atoms with Crippen LogP contribution in [0.2, 0.25) is 5.28 Å². The highest BCUT2D eigenvalue weighted by Gasteiger charge is 2.30. The molecule has 0 atom stereocenters. The zero-order valence-corrected chi connectivity index (χ0v) is 19.4. The summed E-state index contributed by atoms with van der Waals surface area (Å²) in [5.41, 5.74) is 0.394. The highest BCUT2D eigenvalue weighted by molar-refractivity contribution is 6.28. The van der Waals surface area contributed by atoms with Gasteiger partial charge in [-0.25, -0.2) is 24.7 Å². The highest BCUT2D eigenvalue weighted by atomic mass is 35.5. The normalized spacial score (nSPS) is 11.4. The SMILES string of the molecule is COC(=O)c1nccc(-c2ccc(C(F)(F)F)cc2)n1.FC(F)(F)c1ccc(-c2ccnc(Cl)n2)cc1. The van der Waals surface area contributed by atoms with Crippen molar-refractivity contribution in [3.05, 3.63) is 95.3 Å². The monoisotopic (exact) mass is 540 g/mol. The summed E-state index contributed by atoms with van der Waals surface area (Å²) < 4.78 is 78.8. The summed E-state index contributed by atoms with van der Waals surface area (Å²) in [5.74, 6) is -0.858. The number of methoxy groups -OCH3 is 1. The summed E-state index contributed by atoms with van der Waals surface area (Å²) in [4.78, 5) is 26.6. The number of carbonyl (C=O) groups is 1. The third-order valence-electron chi connectivity index (χ3n) is 4.67. The average Bonchev–Trinajstić information content (AvgIpc) is 2.88. The summed E-state index contributed by atoms with van der Waals surface area (Å²) in [6.45, 7) is 0. The first-order chi connectivity index (χ1) is 17.4. The Morgan fingerprint density at radius 1 is 0.703 bits per heavy atom. The molecule has 0 aliphatic rings. The third-order valence-corrected chi connectivity index (χ3v) is 4.85. The number of aromatic nitrogens is 4. The third kappa shape index (κ3) is 7.46. The first-order valence-corrected chi connectivity index (χ1v) is 10.5. The van der Waals surface area contributed by atoms with Gasteiger partial charge in [-0.15, -0.1) is 0 Å². The van der Waals surface area contributed by atoms with Crippen molar-refractivity contribution >= 4 is 17.6 Å². The van der Waals surface area contributed by atoms with Crippen molar-refractivity contribution in [2.45, 2.75) is 12.4 Å². The summed E-state index contributed by atoms with van der Waals surface area (Å²) in [6.07, 6.45) is -5.93. The first kappa shape index (κ1) is 27.5. The van der Waals surface area contributed by atoms with E-state index in [2.05, 4.69) is 24.7 Å². The zero-order chi connectivity index (χ0) is 27.2. The number of esters is 1. The minimum absolute atomic E-state index is 0.0578. The molecule has 2 aromatic heterocycles. The smallest absolute Gasteiger partial charge is 0.416 e. The van der Waals surface area contributed by atoms with Crippen LogP contribution in [-0.4, -0.2) is 33.0 Å². The Morgan fingerprint density at radius 3 is 1.54 bits per heavy atom. The maximum atomic E-state index is 12.5. The van der Waals surface area contributed by atoms with E-state index in [4.69, 9.17) is 11.6 Å². The van der Waals surface area contributed by atoms with Crippen LogP contribution < -0.4 is 0 Å². The molecular weight excluding hydrogens is 526 g/mol. The quantitative estimate of drug-likeness (QED) is 0.162.